The number of pyridine rings is 1. The van der Waals surface area contributed by atoms with Gasteiger partial charge in [0.25, 0.3) is 10.0 Å². The molecule has 2 aromatic rings. The normalized spacial score (nSPS) is 11.2. The highest BCUT2D eigenvalue weighted by molar-refractivity contribution is 9.10. The monoisotopic (exact) mass is 389 g/mol. The van der Waals surface area contributed by atoms with Crippen LogP contribution in [0.15, 0.2) is 39.8 Å². The van der Waals surface area contributed by atoms with Crippen molar-refractivity contribution in [2.24, 2.45) is 0 Å². The minimum absolute atomic E-state index is 0.0405. The highest BCUT2D eigenvalue weighted by Gasteiger charge is 2.21. The van der Waals surface area contributed by atoms with Crippen LogP contribution in [0.1, 0.15) is 5.56 Å². The van der Waals surface area contributed by atoms with Gasteiger partial charge in [-0.05, 0) is 40.5 Å². The Morgan fingerprint density at radius 1 is 1.33 bits per heavy atom. The van der Waals surface area contributed by atoms with Crippen LogP contribution in [0, 0.1) is 6.92 Å². The lowest BCUT2D eigenvalue weighted by atomic mass is 10.2. The molecule has 0 amide bonds. The lowest BCUT2D eigenvalue weighted by molar-refractivity contribution is 0.601. The molecule has 0 saturated heterocycles. The second-order valence-electron chi connectivity index (χ2n) is 4.29. The van der Waals surface area contributed by atoms with Crippen molar-refractivity contribution in [1.82, 2.24) is 4.98 Å². The van der Waals surface area contributed by atoms with E-state index in [9.17, 15) is 8.42 Å². The minimum atomic E-state index is -3.81. The Labute approximate surface area is 136 Å². The van der Waals surface area contributed by atoms with Crippen LogP contribution in [-0.4, -0.2) is 20.4 Å². The van der Waals surface area contributed by atoms with E-state index < -0.39 is 10.0 Å². The third-order valence-corrected chi connectivity index (χ3v) is 4.92. The number of hydrogen-bond donors (Lipinski definition) is 2. The van der Waals surface area contributed by atoms with Gasteiger partial charge in [0.05, 0.1) is 10.7 Å². The summed E-state index contributed by atoms with van der Waals surface area (Å²) in [5.41, 5.74) is 1.10. The van der Waals surface area contributed by atoms with E-state index in [-0.39, 0.29) is 10.7 Å². The van der Waals surface area contributed by atoms with Crippen molar-refractivity contribution in [3.05, 3.63) is 45.5 Å². The molecule has 1 aromatic heterocycles. The number of aryl methyl sites for hydroxylation is 1. The number of rotatable bonds is 4. The second-order valence-corrected chi connectivity index (χ2v) is 7.26. The van der Waals surface area contributed by atoms with E-state index in [0.717, 1.165) is 5.56 Å². The Kier molecular flexibility index (Phi) is 4.75. The fourth-order valence-electron chi connectivity index (χ4n) is 1.76. The third kappa shape index (κ3) is 3.48. The Bertz CT molecular complexity index is 761. The number of para-hydroxylation sites is 1. The van der Waals surface area contributed by atoms with Crippen LogP contribution in [0.2, 0.25) is 5.02 Å². The summed E-state index contributed by atoms with van der Waals surface area (Å²) < 4.78 is 28.2. The summed E-state index contributed by atoms with van der Waals surface area (Å²) in [6, 6.07) is 6.65. The van der Waals surface area contributed by atoms with Crippen molar-refractivity contribution in [3.63, 3.8) is 0 Å². The van der Waals surface area contributed by atoms with Gasteiger partial charge in [0.2, 0.25) is 0 Å². The smallest absolute Gasteiger partial charge is 0.265 e. The third-order valence-electron chi connectivity index (χ3n) is 2.80. The van der Waals surface area contributed by atoms with Crippen molar-refractivity contribution in [1.29, 1.82) is 0 Å². The molecule has 0 aliphatic carbocycles. The molecule has 0 saturated carbocycles. The second kappa shape index (κ2) is 6.21. The minimum Gasteiger partial charge on any atom is -0.372 e. The first-order valence-corrected chi connectivity index (χ1v) is 8.62. The van der Waals surface area contributed by atoms with Crippen LogP contribution in [0.3, 0.4) is 0 Å². The molecule has 5 nitrogen and oxygen atoms in total. The van der Waals surface area contributed by atoms with E-state index in [1.54, 1.807) is 32.2 Å². The van der Waals surface area contributed by atoms with Crippen LogP contribution >= 0.6 is 27.5 Å². The Morgan fingerprint density at radius 3 is 2.67 bits per heavy atom. The largest absolute Gasteiger partial charge is 0.372 e. The maximum Gasteiger partial charge on any atom is 0.265 e. The number of halogens is 2. The molecule has 2 rings (SSSR count). The van der Waals surface area contributed by atoms with Gasteiger partial charge in [-0.1, -0.05) is 23.7 Å². The molecule has 0 unspecified atom stereocenters. The molecule has 0 bridgehead atoms. The summed E-state index contributed by atoms with van der Waals surface area (Å²) in [6.45, 7) is 1.78. The standard InChI is InChI=1S/C13H13BrClN3O2S/c1-8-4-3-5-10(15)12(8)18-21(19,20)11-6-9(14)7-17-13(11)16-2/h3-7,18H,1-2H3,(H,16,17). The zero-order valence-corrected chi connectivity index (χ0v) is 14.5. The van der Waals surface area contributed by atoms with Crippen molar-refractivity contribution in [3.8, 4) is 0 Å². The molecule has 21 heavy (non-hydrogen) atoms. The zero-order valence-electron chi connectivity index (χ0n) is 11.3. The summed E-state index contributed by atoms with van der Waals surface area (Å²) in [7, 11) is -2.21. The van der Waals surface area contributed by atoms with Gasteiger partial charge in [0.1, 0.15) is 10.7 Å². The molecule has 2 N–H and O–H groups in total. The van der Waals surface area contributed by atoms with Gasteiger partial charge < -0.3 is 5.32 Å². The number of sulfonamides is 1. The van der Waals surface area contributed by atoms with E-state index in [1.807, 2.05) is 0 Å². The number of nitrogens with one attached hydrogen (secondary N) is 2. The Hall–Kier alpha value is -1.31. The quantitative estimate of drug-likeness (QED) is 0.836. The Balaban J connectivity index is 2.51. The summed E-state index contributed by atoms with van der Waals surface area (Å²) in [6.07, 6.45) is 1.52. The molecule has 0 aliphatic rings. The van der Waals surface area contributed by atoms with Gasteiger partial charge >= 0.3 is 0 Å². The van der Waals surface area contributed by atoms with E-state index in [0.29, 0.717) is 15.2 Å². The van der Waals surface area contributed by atoms with Crippen molar-refractivity contribution in [2.75, 3.05) is 17.1 Å². The molecule has 1 aromatic carbocycles. The zero-order chi connectivity index (χ0) is 15.6. The first-order valence-electron chi connectivity index (χ1n) is 5.96. The topological polar surface area (TPSA) is 71.1 Å². The van der Waals surface area contributed by atoms with Crippen LogP contribution < -0.4 is 10.0 Å². The van der Waals surface area contributed by atoms with E-state index >= 15 is 0 Å². The summed E-state index contributed by atoms with van der Waals surface area (Å²) in [4.78, 5) is 4.08. The van der Waals surface area contributed by atoms with Gasteiger partial charge in [0.15, 0.2) is 0 Å². The molecule has 0 fully saturated rings. The van der Waals surface area contributed by atoms with Crippen LogP contribution in [0.4, 0.5) is 11.5 Å². The molecule has 0 aliphatic heterocycles. The fraction of sp³-hybridized carbons (Fsp3) is 0.154. The van der Waals surface area contributed by atoms with Gasteiger partial charge in [-0.3, -0.25) is 4.72 Å². The van der Waals surface area contributed by atoms with Crippen LogP contribution in [0.25, 0.3) is 0 Å². The summed E-state index contributed by atoms with van der Waals surface area (Å²) in [5.74, 6) is 0.260. The van der Waals surface area contributed by atoms with Gasteiger partial charge in [-0.25, -0.2) is 13.4 Å². The molecule has 0 spiro atoms. The average Bonchev–Trinajstić information content (AvgIpc) is 2.43. The molecular formula is C13H13BrClN3O2S. The van der Waals surface area contributed by atoms with Crippen LogP contribution in [-0.2, 0) is 10.0 Å². The predicted molar refractivity (Wildman–Crippen MR) is 88.5 cm³/mol. The van der Waals surface area contributed by atoms with E-state index in [2.05, 4.69) is 31.0 Å². The first-order chi connectivity index (χ1) is 9.85. The van der Waals surface area contributed by atoms with Gasteiger partial charge in [0, 0.05) is 17.7 Å². The maximum absolute atomic E-state index is 12.6. The van der Waals surface area contributed by atoms with Crippen molar-refractivity contribution < 1.29 is 8.42 Å². The Morgan fingerprint density at radius 2 is 2.05 bits per heavy atom. The number of benzene rings is 1. The molecule has 8 heteroatoms. The number of aromatic nitrogens is 1. The highest BCUT2D eigenvalue weighted by atomic mass is 79.9. The van der Waals surface area contributed by atoms with E-state index in [4.69, 9.17) is 11.6 Å². The van der Waals surface area contributed by atoms with E-state index in [1.165, 1.54) is 12.3 Å². The summed E-state index contributed by atoms with van der Waals surface area (Å²) >= 11 is 9.28. The SMILES string of the molecule is CNc1ncc(Br)cc1S(=O)(=O)Nc1c(C)cccc1Cl. The predicted octanol–water partition coefficient (Wildman–Crippen LogP) is 3.65. The van der Waals surface area contributed by atoms with Crippen molar-refractivity contribution >= 4 is 49.1 Å². The lowest BCUT2D eigenvalue weighted by Gasteiger charge is -2.14. The van der Waals surface area contributed by atoms with Gasteiger partial charge in [-0.15, -0.1) is 0 Å². The fourth-order valence-corrected chi connectivity index (χ4v) is 3.91. The molecule has 112 valence electrons. The van der Waals surface area contributed by atoms with Crippen molar-refractivity contribution in [2.45, 2.75) is 11.8 Å². The average molecular weight is 391 g/mol. The molecular weight excluding hydrogens is 378 g/mol. The first kappa shape index (κ1) is 16.1. The highest BCUT2D eigenvalue weighted by Crippen LogP contribution is 2.30. The number of hydrogen-bond acceptors (Lipinski definition) is 4. The van der Waals surface area contributed by atoms with Crippen LogP contribution in [0.5, 0.6) is 0 Å². The molecule has 0 atom stereocenters. The number of nitrogens with zero attached hydrogens (tertiary/aromatic N) is 1. The lowest BCUT2D eigenvalue weighted by Crippen LogP contribution is -2.16. The molecule has 0 radical (unpaired) electrons. The summed E-state index contributed by atoms with van der Waals surface area (Å²) in [5, 5.41) is 3.10. The molecule has 1 heterocycles. The maximum atomic E-state index is 12.6. The number of anilines is 2. The van der Waals surface area contributed by atoms with Gasteiger partial charge in [-0.2, -0.15) is 0 Å².